The predicted octanol–water partition coefficient (Wildman–Crippen LogP) is 2.42. The van der Waals surface area contributed by atoms with Gasteiger partial charge in [-0.25, -0.2) is 0 Å². The summed E-state index contributed by atoms with van der Waals surface area (Å²) in [5.41, 5.74) is 2.15. The summed E-state index contributed by atoms with van der Waals surface area (Å²) in [5, 5.41) is 6.38. The maximum absolute atomic E-state index is 12.1. The van der Waals surface area contributed by atoms with Crippen LogP contribution >= 0.6 is 0 Å². The van der Waals surface area contributed by atoms with Crippen molar-refractivity contribution in [3.63, 3.8) is 0 Å². The third-order valence-corrected chi connectivity index (χ3v) is 4.48. The number of ether oxygens (including phenoxy) is 2. The van der Waals surface area contributed by atoms with Gasteiger partial charge in [0.15, 0.2) is 0 Å². The number of methoxy groups -OCH3 is 1. The van der Waals surface area contributed by atoms with Crippen LogP contribution in [0.15, 0.2) is 18.2 Å². The summed E-state index contributed by atoms with van der Waals surface area (Å²) < 4.78 is 10.8. The Balaban J connectivity index is 1.78. The normalized spacial score (nSPS) is 15.2. The molecule has 0 saturated carbocycles. The predicted molar refractivity (Wildman–Crippen MR) is 95.2 cm³/mol. The third kappa shape index (κ3) is 6.49. The molecule has 1 heterocycles. The zero-order valence-corrected chi connectivity index (χ0v) is 14.9. The maximum Gasteiger partial charge on any atom is 0.220 e. The molecule has 0 bridgehead atoms. The minimum atomic E-state index is 0.122. The summed E-state index contributed by atoms with van der Waals surface area (Å²) in [4.78, 5) is 12.1. The standard InChI is InChI=1S/C19H30N2O3/c1-15-3-5-17(18(13-15)24-12-11-23-2)14-21-19(22)6-4-16-7-9-20-10-8-16/h3,5,13,16,20H,4,6-12,14H2,1-2H3,(H,21,22). The maximum atomic E-state index is 12.1. The fourth-order valence-corrected chi connectivity index (χ4v) is 2.96. The lowest BCUT2D eigenvalue weighted by Crippen LogP contribution is -2.29. The molecule has 1 saturated heterocycles. The van der Waals surface area contributed by atoms with E-state index in [1.807, 2.05) is 25.1 Å². The largest absolute Gasteiger partial charge is 0.491 e. The Morgan fingerprint density at radius 3 is 2.83 bits per heavy atom. The van der Waals surface area contributed by atoms with Gasteiger partial charge in [0.25, 0.3) is 0 Å². The van der Waals surface area contributed by atoms with Crippen molar-refractivity contribution in [2.45, 2.75) is 39.2 Å². The molecule has 2 rings (SSSR count). The number of benzene rings is 1. The number of rotatable bonds is 9. The van der Waals surface area contributed by atoms with Crippen molar-refractivity contribution in [2.24, 2.45) is 5.92 Å². The summed E-state index contributed by atoms with van der Waals surface area (Å²) in [7, 11) is 1.66. The lowest BCUT2D eigenvalue weighted by atomic mass is 9.93. The highest BCUT2D eigenvalue weighted by atomic mass is 16.5. The molecule has 0 aliphatic carbocycles. The Kier molecular flexibility index (Phi) is 8.05. The molecule has 0 radical (unpaired) electrons. The molecular weight excluding hydrogens is 304 g/mol. The van der Waals surface area contributed by atoms with Crippen LogP contribution in [-0.4, -0.2) is 39.3 Å². The number of hydrogen-bond acceptors (Lipinski definition) is 4. The molecule has 0 spiro atoms. The first-order valence-corrected chi connectivity index (χ1v) is 8.87. The summed E-state index contributed by atoms with van der Waals surface area (Å²) >= 11 is 0. The Morgan fingerprint density at radius 2 is 2.08 bits per heavy atom. The van der Waals surface area contributed by atoms with Crippen LogP contribution in [0.25, 0.3) is 0 Å². The highest BCUT2D eigenvalue weighted by molar-refractivity contribution is 5.75. The van der Waals surface area contributed by atoms with Crippen molar-refractivity contribution in [1.29, 1.82) is 0 Å². The first-order valence-electron chi connectivity index (χ1n) is 8.87. The summed E-state index contributed by atoms with van der Waals surface area (Å²) in [6.07, 6.45) is 3.96. The van der Waals surface area contributed by atoms with Crippen molar-refractivity contribution in [3.8, 4) is 5.75 Å². The minimum Gasteiger partial charge on any atom is -0.491 e. The quantitative estimate of drug-likeness (QED) is 0.681. The van der Waals surface area contributed by atoms with E-state index in [4.69, 9.17) is 9.47 Å². The highest BCUT2D eigenvalue weighted by Crippen LogP contribution is 2.21. The first kappa shape index (κ1) is 18.7. The summed E-state index contributed by atoms with van der Waals surface area (Å²) in [6, 6.07) is 6.07. The summed E-state index contributed by atoms with van der Waals surface area (Å²) in [5.74, 6) is 1.63. The van der Waals surface area contributed by atoms with E-state index in [0.717, 1.165) is 36.4 Å². The van der Waals surface area contributed by atoms with Crippen LogP contribution in [0, 0.1) is 12.8 Å². The molecule has 1 aromatic rings. The van der Waals surface area contributed by atoms with E-state index < -0.39 is 0 Å². The van der Waals surface area contributed by atoms with Crippen LogP contribution in [0.1, 0.15) is 36.8 Å². The van der Waals surface area contributed by atoms with Gasteiger partial charge < -0.3 is 20.1 Å². The number of amides is 1. The van der Waals surface area contributed by atoms with Crippen molar-refractivity contribution in [1.82, 2.24) is 10.6 Å². The Hall–Kier alpha value is -1.59. The second-order valence-corrected chi connectivity index (χ2v) is 6.46. The molecular formula is C19H30N2O3. The Bertz CT molecular complexity index is 513. The van der Waals surface area contributed by atoms with E-state index in [1.165, 1.54) is 12.8 Å². The van der Waals surface area contributed by atoms with Crippen LogP contribution in [0.3, 0.4) is 0 Å². The van der Waals surface area contributed by atoms with Gasteiger partial charge in [-0.05, 0) is 56.8 Å². The van der Waals surface area contributed by atoms with Crippen molar-refractivity contribution >= 4 is 5.91 Å². The Labute approximate surface area is 145 Å². The van der Waals surface area contributed by atoms with Gasteiger partial charge in [0.2, 0.25) is 5.91 Å². The van der Waals surface area contributed by atoms with Gasteiger partial charge >= 0.3 is 0 Å². The van der Waals surface area contributed by atoms with E-state index >= 15 is 0 Å². The van der Waals surface area contributed by atoms with Crippen molar-refractivity contribution in [2.75, 3.05) is 33.4 Å². The van der Waals surface area contributed by atoms with Crippen LogP contribution in [0.2, 0.25) is 0 Å². The number of aryl methyl sites for hydroxylation is 1. The molecule has 24 heavy (non-hydrogen) atoms. The van der Waals surface area contributed by atoms with Gasteiger partial charge in [0.1, 0.15) is 12.4 Å². The van der Waals surface area contributed by atoms with Crippen molar-refractivity contribution in [3.05, 3.63) is 29.3 Å². The fraction of sp³-hybridized carbons (Fsp3) is 0.632. The van der Waals surface area contributed by atoms with Gasteiger partial charge in [-0.15, -0.1) is 0 Å². The zero-order chi connectivity index (χ0) is 17.2. The molecule has 0 aromatic heterocycles. The van der Waals surface area contributed by atoms with Crippen LogP contribution < -0.4 is 15.4 Å². The van der Waals surface area contributed by atoms with Crippen LogP contribution in [0.4, 0.5) is 0 Å². The van der Waals surface area contributed by atoms with E-state index in [2.05, 4.69) is 10.6 Å². The highest BCUT2D eigenvalue weighted by Gasteiger charge is 2.14. The van der Waals surface area contributed by atoms with Gasteiger partial charge in [-0.1, -0.05) is 12.1 Å². The topological polar surface area (TPSA) is 59.6 Å². The third-order valence-electron chi connectivity index (χ3n) is 4.48. The minimum absolute atomic E-state index is 0.122. The molecule has 1 aromatic carbocycles. The van der Waals surface area contributed by atoms with Crippen LogP contribution in [0.5, 0.6) is 5.75 Å². The summed E-state index contributed by atoms with van der Waals surface area (Å²) in [6.45, 7) is 5.76. The molecule has 1 amide bonds. The van der Waals surface area contributed by atoms with Gasteiger partial charge in [0, 0.05) is 25.6 Å². The number of nitrogens with one attached hydrogen (secondary N) is 2. The lowest BCUT2D eigenvalue weighted by Gasteiger charge is -2.22. The Morgan fingerprint density at radius 1 is 1.29 bits per heavy atom. The van der Waals surface area contributed by atoms with Crippen LogP contribution in [-0.2, 0) is 16.1 Å². The molecule has 1 aliphatic heterocycles. The molecule has 1 fully saturated rings. The number of hydrogen-bond donors (Lipinski definition) is 2. The molecule has 2 N–H and O–H groups in total. The van der Waals surface area contributed by atoms with Gasteiger partial charge in [-0.3, -0.25) is 4.79 Å². The van der Waals surface area contributed by atoms with E-state index in [9.17, 15) is 4.79 Å². The monoisotopic (exact) mass is 334 g/mol. The molecule has 5 heteroatoms. The number of carbonyl (C=O) groups excluding carboxylic acids is 1. The van der Waals surface area contributed by atoms with Gasteiger partial charge in [0.05, 0.1) is 6.61 Å². The second kappa shape index (κ2) is 10.3. The zero-order valence-electron chi connectivity index (χ0n) is 14.9. The van der Waals surface area contributed by atoms with E-state index in [1.54, 1.807) is 7.11 Å². The second-order valence-electron chi connectivity index (χ2n) is 6.46. The van der Waals surface area contributed by atoms with E-state index in [-0.39, 0.29) is 5.91 Å². The molecule has 0 unspecified atom stereocenters. The average Bonchev–Trinajstić information content (AvgIpc) is 2.60. The number of piperidine rings is 1. The lowest BCUT2D eigenvalue weighted by molar-refractivity contribution is -0.121. The first-order chi connectivity index (χ1) is 11.7. The average molecular weight is 334 g/mol. The molecule has 1 aliphatic rings. The van der Waals surface area contributed by atoms with Gasteiger partial charge in [-0.2, -0.15) is 0 Å². The smallest absolute Gasteiger partial charge is 0.220 e. The molecule has 0 atom stereocenters. The van der Waals surface area contributed by atoms with Crippen molar-refractivity contribution < 1.29 is 14.3 Å². The molecule has 5 nitrogen and oxygen atoms in total. The molecule has 134 valence electrons. The SMILES string of the molecule is COCCOc1cc(C)ccc1CNC(=O)CCC1CCNCC1. The van der Waals surface area contributed by atoms with E-state index in [0.29, 0.717) is 32.1 Å². The fourth-order valence-electron chi connectivity index (χ4n) is 2.96. The number of carbonyl (C=O) groups is 1.